The van der Waals surface area contributed by atoms with E-state index in [0.717, 1.165) is 20.6 Å². The van der Waals surface area contributed by atoms with Crippen LogP contribution in [0.15, 0.2) is 50.4 Å². The van der Waals surface area contributed by atoms with E-state index >= 15 is 0 Å². The number of benzene rings is 1. The molecule has 8 heteroatoms. The van der Waals surface area contributed by atoms with Crippen molar-refractivity contribution in [2.75, 3.05) is 0 Å². The molecule has 3 N–H and O–H groups in total. The summed E-state index contributed by atoms with van der Waals surface area (Å²) in [6.45, 7) is 3.81. The average molecular weight is 382 g/mol. The molecule has 0 unspecified atom stereocenters. The Kier molecular flexibility index (Phi) is 4.19. The van der Waals surface area contributed by atoms with E-state index in [1.165, 1.54) is 0 Å². The van der Waals surface area contributed by atoms with E-state index in [-0.39, 0.29) is 11.6 Å². The van der Waals surface area contributed by atoms with E-state index in [2.05, 4.69) is 15.5 Å². The lowest BCUT2D eigenvalue weighted by Gasteiger charge is -2.13. The molecule has 0 amide bonds. The molecular weight excluding hydrogens is 364 g/mol. The predicted octanol–water partition coefficient (Wildman–Crippen LogP) is 2.35. The lowest BCUT2D eigenvalue weighted by atomic mass is 10.1. The third-order valence-corrected chi connectivity index (χ3v) is 5.46. The zero-order valence-corrected chi connectivity index (χ0v) is 15.6. The van der Waals surface area contributed by atoms with E-state index in [9.17, 15) is 14.7 Å². The molecule has 138 valence electrons. The summed E-state index contributed by atoms with van der Waals surface area (Å²) >= 11 is 1.59. The zero-order chi connectivity index (χ0) is 19.1. The minimum atomic E-state index is -0.687. The summed E-state index contributed by atoms with van der Waals surface area (Å²) in [5, 5.41) is 17.0. The van der Waals surface area contributed by atoms with Gasteiger partial charge >= 0.3 is 5.69 Å². The van der Waals surface area contributed by atoms with Crippen molar-refractivity contribution in [3.05, 3.63) is 78.1 Å². The molecule has 1 aliphatic rings. The van der Waals surface area contributed by atoms with Crippen molar-refractivity contribution in [2.45, 2.75) is 26.3 Å². The largest absolute Gasteiger partial charge is 0.493 e. The molecular formula is C19H18N4O3S. The summed E-state index contributed by atoms with van der Waals surface area (Å²) in [6.07, 6.45) is 0.447. The van der Waals surface area contributed by atoms with Crippen molar-refractivity contribution in [1.29, 1.82) is 0 Å². The maximum Gasteiger partial charge on any atom is 0.335 e. The highest BCUT2D eigenvalue weighted by molar-refractivity contribution is 7.10. The number of H-pyrrole nitrogens is 1. The molecule has 0 saturated carbocycles. The van der Waals surface area contributed by atoms with Crippen molar-refractivity contribution < 1.29 is 5.11 Å². The predicted molar refractivity (Wildman–Crippen MR) is 105 cm³/mol. The first-order valence-electron chi connectivity index (χ1n) is 8.47. The molecule has 0 saturated heterocycles. The maximum absolute atomic E-state index is 12.4. The second kappa shape index (κ2) is 6.55. The average Bonchev–Trinajstić information content (AvgIpc) is 3.24. The van der Waals surface area contributed by atoms with Crippen molar-refractivity contribution in [2.24, 2.45) is 5.10 Å². The highest BCUT2D eigenvalue weighted by Gasteiger charge is 2.28. The van der Waals surface area contributed by atoms with Gasteiger partial charge in [0.15, 0.2) is 0 Å². The molecule has 4 rings (SSSR count). The molecule has 0 aliphatic carbocycles. The molecule has 3 aromatic rings. The summed E-state index contributed by atoms with van der Waals surface area (Å²) in [4.78, 5) is 28.2. The second-order valence-electron chi connectivity index (χ2n) is 6.60. The quantitative estimate of drug-likeness (QED) is 0.647. The topological polar surface area (TPSA) is 99.5 Å². The van der Waals surface area contributed by atoms with Crippen LogP contribution in [0.2, 0.25) is 0 Å². The number of aromatic nitrogens is 2. The zero-order valence-electron chi connectivity index (χ0n) is 14.8. The van der Waals surface area contributed by atoms with Crippen molar-refractivity contribution in [1.82, 2.24) is 15.0 Å². The number of thiophene rings is 1. The molecule has 7 nitrogen and oxygen atoms in total. The van der Waals surface area contributed by atoms with Gasteiger partial charge in [-0.15, -0.1) is 11.3 Å². The van der Waals surface area contributed by atoms with Crippen molar-refractivity contribution in [3.63, 3.8) is 0 Å². The summed E-state index contributed by atoms with van der Waals surface area (Å²) in [5.41, 5.74) is 4.49. The van der Waals surface area contributed by atoms with E-state index in [4.69, 9.17) is 0 Å². The number of aromatic hydroxyl groups is 1. The Morgan fingerprint density at radius 2 is 1.96 bits per heavy atom. The van der Waals surface area contributed by atoms with E-state index < -0.39 is 17.1 Å². The second-order valence-corrected chi connectivity index (χ2v) is 7.58. The third-order valence-electron chi connectivity index (χ3n) is 4.48. The Labute approximate surface area is 158 Å². The van der Waals surface area contributed by atoms with Gasteiger partial charge in [-0.05, 0) is 48.6 Å². The fourth-order valence-corrected chi connectivity index (χ4v) is 4.13. The summed E-state index contributed by atoms with van der Waals surface area (Å²) in [6, 6.07) is 9.40. The molecule has 2 aromatic heterocycles. The number of hydrogen-bond donors (Lipinski definition) is 3. The van der Waals surface area contributed by atoms with Gasteiger partial charge < -0.3 is 10.5 Å². The SMILES string of the molecule is Cc1cc(C)cc(-n2c(O)c(C3=NN[C@H](c4cccs4)C3)c(=O)[nH]c2=O)c1. The van der Waals surface area contributed by atoms with E-state index in [1.54, 1.807) is 23.5 Å². The fourth-order valence-electron chi connectivity index (χ4n) is 3.36. The monoisotopic (exact) mass is 382 g/mol. The minimum Gasteiger partial charge on any atom is -0.493 e. The maximum atomic E-state index is 12.4. The van der Waals surface area contributed by atoms with Crippen molar-refractivity contribution in [3.8, 4) is 11.6 Å². The number of hydrogen-bond acceptors (Lipinski definition) is 6. The number of nitrogens with zero attached hydrogens (tertiary/aromatic N) is 2. The third kappa shape index (κ3) is 3.08. The van der Waals surface area contributed by atoms with Gasteiger partial charge in [-0.1, -0.05) is 12.1 Å². The molecule has 0 spiro atoms. The lowest BCUT2D eigenvalue weighted by Crippen LogP contribution is -2.33. The van der Waals surface area contributed by atoms with Crippen LogP contribution < -0.4 is 16.7 Å². The summed E-state index contributed by atoms with van der Waals surface area (Å²) in [5.74, 6) is -0.402. The number of rotatable bonds is 3. The highest BCUT2D eigenvalue weighted by Crippen LogP contribution is 2.29. The first-order valence-corrected chi connectivity index (χ1v) is 9.35. The molecule has 1 atom stereocenters. The Hall–Kier alpha value is -3.13. The molecule has 3 heterocycles. The van der Waals surface area contributed by atoms with E-state index in [1.807, 2.05) is 37.4 Å². The van der Waals surface area contributed by atoms with Gasteiger partial charge in [-0.2, -0.15) is 5.10 Å². The van der Waals surface area contributed by atoms with Crippen LogP contribution in [0.4, 0.5) is 0 Å². The van der Waals surface area contributed by atoms with Gasteiger partial charge in [0.2, 0.25) is 5.88 Å². The first kappa shape index (κ1) is 17.3. The van der Waals surface area contributed by atoms with Crippen LogP contribution in [0, 0.1) is 13.8 Å². The molecule has 27 heavy (non-hydrogen) atoms. The number of aromatic amines is 1. The Bertz CT molecular complexity index is 1140. The minimum absolute atomic E-state index is 0.0142. The summed E-state index contributed by atoms with van der Waals surface area (Å²) < 4.78 is 1.11. The van der Waals surface area contributed by atoms with Gasteiger partial charge in [0.1, 0.15) is 5.56 Å². The Morgan fingerprint density at radius 3 is 2.63 bits per heavy atom. The van der Waals surface area contributed by atoms with Crippen LogP contribution >= 0.6 is 11.3 Å². The Morgan fingerprint density at radius 1 is 1.22 bits per heavy atom. The van der Waals surface area contributed by atoms with Gasteiger partial charge in [-0.25, -0.2) is 9.36 Å². The number of aryl methyl sites for hydroxylation is 2. The van der Waals surface area contributed by atoms with Crippen LogP contribution in [0.25, 0.3) is 5.69 Å². The molecule has 0 radical (unpaired) electrons. The number of nitrogens with one attached hydrogen (secondary N) is 2. The summed E-state index contributed by atoms with van der Waals surface area (Å²) in [7, 11) is 0. The first-order chi connectivity index (χ1) is 12.9. The molecule has 1 aliphatic heterocycles. The van der Waals surface area contributed by atoms with Crippen LogP contribution in [-0.4, -0.2) is 20.4 Å². The molecule has 0 bridgehead atoms. The van der Waals surface area contributed by atoms with Crippen LogP contribution in [0.5, 0.6) is 5.88 Å². The highest BCUT2D eigenvalue weighted by atomic mass is 32.1. The van der Waals surface area contributed by atoms with Gasteiger partial charge in [0.25, 0.3) is 5.56 Å². The van der Waals surface area contributed by atoms with Crippen molar-refractivity contribution >= 4 is 17.0 Å². The lowest BCUT2D eigenvalue weighted by molar-refractivity contribution is 0.429. The van der Waals surface area contributed by atoms with E-state index in [0.29, 0.717) is 17.8 Å². The normalized spacial score (nSPS) is 16.2. The fraction of sp³-hybridized carbons (Fsp3) is 0.211. The van der Waals surface area contributed by atoms with Crippen LogP contribution in [-0.2, 0) is 0 Å². The smallest absolute Gasteiger partial charge is 0.335 e. The molecule has 0 fully saturated rings. The van der Waals surface area contributed by atoms with Crippen LogP contribution in [0.1, 0.15) is 34.0 Å². The van der Waals surface area contributed by atoms with Gasteiger partial charge in [-0.3, -0.25) is 9.78 Å². The van der Waals surface area contributed by atoms with Gasteiger partial charge in [0, 0.05) is 11.3 Å². The van der Waals surface area contributed by atoms with Crippen LogP contribution in [0.3, 0.4) is 0 Å². The van der Waals surface area contributed by atoms with Gasteiger partial charge in [0.05, 0.1) is 17.4 Å². The Balaban J connectivity index is 1.81. The number of hydrazone groups is 1. The molecule has 1 aromatic carbocycles. The standard InChI is InChI=1S/C19H18N4O3S/c1-10-6-11(2)8-12(7-10)23-18(25)16(17(24)20-19(23)26)14-9-13(21-22-14)15-4-3-5-27-15/h3-8,13,21,25H,9H2,1-2H3,(H,20,24,26)/t13-/m0/s1.